The van der Waals surface area contributed by atoms with E-state index in [1.807, 2.05) is 31.2 Å². The maximum atomic E-state index is 5.50. The molecule has 0 fully saturated rings. The minimum atomic E-state index is 0.192. The first-order valence-electron chi connectivity index (χ1n) is 6.80. The molecular weight excluding hydrogens is 238 g/mol. The molecule has 0 aliphatic carbocycles. The van der Waals surface area contributed by atoms with E-state index in [9.17, 15) is 0 Å². The summed E-state index contributed by atoms with van der Waals surface area (Å²) in [5.41, 5.74) is 2.29. The van der Waals surface area contributed by atoms with Gasteiger partial charge < -0.3 is 14.5 Å². The molecule has 3 heteroatoms. The predicted octanol–water partition coefficient (Wildman–Crippen LogP) is 4.38. The largest absolute Gasteiger partial charge is 0.467 e. The number of hydrogen-bond acceptors (Lipinski definition) is 3. The lowest BCUT2D eigenvalue weighted by Gasteiger charge is -2.18. The zero-order valence-corrected chi connectivity index (χ0v) is 11.6. The van der Waals surface area contributed by atoms with E-state index in [0.29, 0.717) is 6.61 Å². The molecule has 0 spiro atoms. The molecule has 1 heterocycles. The molecule has 2 rings (SSSR count). The van der Waals surface area contributed by atoms with Crippen LogP contribution in [0.4, 0.5) is 5.69 Å². The van der Waals surface area contributed by atoms with Crippen LogP contribution in [-0.4, -0.2) is 6.61 Å². The highest BCUT2D eigenvalue weighted by Gasteiger charge is 2.13. The summed E-state index contributed by atoms with van der Waals surface area (Å²) in [7, 11) is 0. The van der Waals surface area contributed by atoms with Crippen LogP contribution in [0, 0.1) is 0 Å². The molecule has 0 radical (unpaired) electrons. The number of benzene rings is 1. The minimum Gasteiger partial charge on any atom is -0.467 e. The Morgan fingerprint density at radius 3 is 2.68 bits per heavy atom. The van der Waals surface area contributed by atoms with Gasteiger partial charge in [0, 0.05) is 17.9 Å². The Bertz CT molecular complexity index is 479. The zero-order valence-electron chi connectivity index (χ0n) is 11.6. The van der Waals surface area contributed by atoms with Crippen molar-refractivity contribution in [1.29, 1.82) is 0 Å². The lowest BCUT2D eigenvalue weighted by molar-refractivity contribution is 0.134. The monoisotopic (exact) mass is 259 g/mol. The SMILES string of the molecule is CCOCc1ccccc1NC(CC)c1ccco1. The van der Waals surface area contributed by atoms with Crippen molar-refractivity contribution in [1.82, 2.24) is 0 Å². The standard InChI is InChI=1S/C16H21NO2/c1-3-14(16-10-7-11-19-16)17-15-9-6-5-8-13(15)12-18-4-2/h5-11,14,17H,3-4,12H2,1-2H3. The van der Waals surface area contributed by atoms with E-state index in [2.05, 4.69) is 24.4 Å². The van der Waals surface area contributed by atoms with Gasteiger partial charge in [0.25, 0.3) is 0 Å². The molecule has 1 N–H and O–H groups in total. The van der Waals surface area contributed by atoms with Gasteiger partial charge in [-0.25, -0.2) is 0 Å². The maximum absolute atomic E-state index is 5.50. The van der Waals surface area contributed by atoms with Crippen molar-refractivity contribution < 1.29 is 9.15 Å². The third-order valence-corrected chi connectivity index (χ3v) is 3.10. The van der Waals surface area contributed by atoms with Crippen LogP contribution in [0.15, 0.2) is 47.1 Å². The summed E-state index contributed by atoms with van der Waals surface area (Å²) in [4.78, 5) is 0. The first-order chi connectivity index (χ1) is 9.35. The number of para-hydroxylation sites is 1. The van der Waals surface area contributed by atoms with Crippen molar-refractivity contribution in [2.24, 2.45) is 0 Å². The Labute approximate surface area is 114 Å². The van der Waals surface area contributed by atoms with Crippen LogP contribution in [0.5, 0.6) is 0 Å². The van der Waals surface area contributed by atoms with Crippen molar-refractivity contribution in [2.45, 2.75) is 32.9 Å². The second-order valence-corrected chi connectivity index (χ2v) is 4.41. The Hall–Kier alpha value is -1.74. The molecule has 3 nitrogen and oxygen atoms in total. The van der Waals surface area contributed by atoms with Gasteiger partial charge in [0.05, 0.1) is 18.9 Å². The first kappa shape index (κ1) is 13.7. The number of ether oxygens (including phenoxy) is 1. The number of nitrogens with one attached hydrogen (secondary N) is 1. The van der Waals surface area contributed by atoms with Crippen molar-refractivity contribution in [3.63, 3.8) is 0 Å². The van der Waals surface area contributed by atoms with Gasteiger partial charge in [-0.2, -0.15) is 0 Å². The summed E-state index contributed by atoms with van der Waals surface area (Å²) in [6.07, 6.45) is 2.68. The summed E-state index contributed by atoms with van der Waals surface area (Å²) in [6.45, 7) is 5.51. The van der Waals surface area contributed by atoms with Crippen molar-refractivity contribution in [2.75, 3.05) is 11.9 Å². The molecule has 102 valence electrons. The number of anilines is 1. The Morgan fingerprint density at radius 2 is 2.00 bits per heavy atom. The third-order valence-electron chi connectivity index (χ3n) is 3.10. The average molecular weight is 259 g/mol. The number of hydrogen-bond donors (Lipinski definition) is 1. The Balaban J connectivity index is 2.13. The second-order valence-electron chi connectivity index (χ2n) is 4.41. The highest BCUT2D eigenvalue weighted by molar-refractivity contribution is 5.52. The van der Waals surface area contributed by atoms with Gasteiger partial charge in [-0.1, -0.05) is 25.1 Å². The van der Waals surface area contributed by atoms with Crippen molar-refractivity contribution in [3.05, 3.63) is 54.0 Å². The van der Waals surface area contributed by atoms with Gasteiger partial charge >= 0.3 is 0 Å². The molecule has 2 aromatic rings. The fraction of sp³-hybridized carbons (Fsp3) is 0.375. The van der Waals surface area contributed by atoms with Crippen LogP contribution in [0.1, 0.15) is 37.6 Å². The quantitative estimate of drug-likeness (QED) is 0.801. The lowest BCUT2D eigenvalue weighted by atomic mass is 10.1. The molecule has 1 aromatic carbocycles. The molecule has 19 heavy (non-hydrogen) atoms. The van der Waals surface area contributed by atoms with E-state index in [1.165, 1.54) is 5.56 Å². The molecular formula is C16H21NO2. The zero-order chi connectivity index (χ0) is 13.5. The van der Waals surface area contributed by atoms with Gasteiger partial charge in [0.1, 0.15) is 5.76 Å². The van der Waals surface area contributed by atoms with Crippen LogP contribution in [-0.2, 0) is 11.3 Å². The summed E-state index contributed by atoms with van der Waals surface area (Å²) in [5, 5.41) is 3.53. The highest BCUT2D eigenvalue weighted by atomic mass is 16.5. The van der Waals surface area contributed by atoms with E-state index in [0.717, 1.165) is 24.5 Å². The Morgan fingerprint density at radius 1 is 1.16 bits per heavy atom. The summed E-state index contributed by atoms with van der Waals surface area (Å²) in [5.74, 6) is 0.966. The lowest BCUT2D eigenvalue weighted by Crippen LogP contribution is -2.10. The van der Waals surface area contributed by atoms with Crippen molar-refractivity contribution in [3.8, 4) is 0 Å². The molecule has 1 atom stereocenters. The predicted molar refractivity (Wildman–Crippen MR) is 77.1 cm³/mol. The van der Waals surface area contributed by atoms with Crippen LogP contribution >= 0.6 is 0 Å². The molecule has 1 unspecified atom stereocenters. The maximum Gasteiger partial charge on any atom is 0.125 e. The summed E-state index contributed by atoms with van der Waals surface area (Å²) < 4.78 is 11.0. The van der Waals surface area contributed by atoms with Crippen LogP contribution in [0.3, 0.4) is 0 Å². The molecule has 0 saturated carbocycles. The molecule has 0 saturated heterocycles. The van der Waals surface area contributed by atoms with E-state index in [1.54, 1.807) is 6.26 Å². The highest BCUT2D eigenvalue weighted by Crippen LogP contribution is 2.25. The van der Waals surface area contributed by atoms with Crippen LogP contribution in [0.2, 0.25) is 0 Å². The molecule has 0 aliphatic heterocycles. The summed E-state index contributed by atoms with van der Waals surface area (Å²) >= 11 is 0. The van der Waals surface area contributed by atoms with Gasteiger partial charge in [-0.05, 0) is 31.5 Å². The Kier molecular flexibility index (Phi) is 5.04. The van der Waals surface area contributed by atoms with E-state index in [-0.39, 0.29) is 6.04 Å². The number of rotatable bonds is 7. The average Bonchev–Trinajstić information content (AvgIpc) is 2.97. The second kappa shape index (κ2) is 7.00. The van der Waals surface area contributed by atoms with E-state index in [4.69, 9.17) is 9.15 Å². The first-order valence-corrected chi connectivity index (χ1v) is 6.80. The minimum absolute atomic E-state index is 0.192. The van der Waals surface area contributed by atoms with Gasteiger partial charge in [-0.15, -0.1) is 0 Å². The molecule has 0 amide bonds. The third kappa shape index (κ3) is 3.61. The van der Waals surface area contributed by atoms with Gasteiger partial charge in [0.15, 0.2) is 0 Å². The topological polar surface area (TPSA) is 34.4 Å². The normalized spacial score (nSPS) is 12.3. The fourth-order valence-corrected chi connectivity index (χ4v) is 2.05. The molecule has 0 bridgehead atoms. The van der Waals surface area contributed by atoms with Crippen LogP contribution in [0.25, 0.3) is 0 Å². The smallest absolute Gasteiger partial charge is 0.125 e. The van der Waals surface area contributed by atoms with Gasteiger partial charge in [-0.3, -0.25) is 0 Å². The van der Waals surface area contributed by atoms with Crippen LogP contribution < -0.4 is 5.32 Å². The summed E-state index contributed by atoms with van der Waals surface area (Å²) in [6, 6.07) is 12.4. The van der Waals surface area contributed by atoms with Crippen molar-refractivity contribution >= 4 is 5.69 Å². The van der Waals surface area contributed by atoms with E-state index < -0.39 is 0 Å². The fourth-order valence-electron chi connectivity index (χ4n) is 2.05. The van der Waals surface area contributed by atoms with E-state index >= 15 is 0 Å². The molecule has 1 aromatic heterocycles. The number of furan rings is 1. The molecule has 0 aliphatic rings. The van der Waals surface area contributed by atoms with Gasteiger partial charge in [0.2, 0.25) is 0 Å².